The summed E-state index contributed by atoms with van der Waals surface area (Å²) in [6.45, 7) is 13.3. The molecule has 0 aromatic rings. The molecule has 0 aliphatic rings. The molecular formula is C13H31N3. The van der Waals surface area contributed by atoms with Gasteiger partial charge in [-0.1, -0.05) is 27.7 Å². The van der Waals surface area contributed by atoms with Crippen LogP contribution in [0.4, 0.5) is 0 Å². The van der Waals surface area contributed by atoms with Crippen LogP contribution in [0.5, 0.6) is 0 Å². The van der Waals surface area contributed by atoms with E-state index in [1.54, 1.807) is 0 Å². The van der Waals surface area contributed by atoms with Crippen LogP contribution in [0, 0.1) is 0 Å². The van der Waals surface area contributed by atoms with E-state index in [1.807, 2.05) is 0 Å². The zero-order chi connectivity index (χ0) is 12.2. The van der Waals surface area contributed by atoms with Crippen LogP contribution in [-0.2, 0) is 0 Å². The molecule has 16 heavy (non-hydrogen) atoms. The maximum absolute atomic E-state index is 3.48. The van der Waals surface area contributed by atoms with Crippen molar-refractivity contribution in [1.29, 1.82) is 0 Å². The lowest BCUT2D eigenvalue weighted by Crippen LogP contribution is -2.27. The molecule has 0 radical (unpaired) electrons. The molecule has 0 aliphatic carbocycles. The lowest BCUT2D eigenvalue weighted by Gasteiger charge is -2.09. The van der Waals surface area contributed by atoms with Gasteiger partial charge in [0.1, 0.15) is 0 Å². The zero-order valence-corrected chi connectivity index (χ0v) is 11.6. The highest BCUT2D eigenvalue weighted by Crippen LogP contribution is 1.87. The van der Waals surface area contributed by atoms with E-state index in [9.17, 15) is 0 Å². The summed E-state index contributed by atoms with van der Waals surface area (Å²) in [6.07, 6.45) is 3.77. The molecule has 0 saturated heterocycles. The number of rotatable bonds is 11. The molecule has 0 rings (SSSR count). The summed E-state index contributed by atoms with van der Waals surface area (Å²) >= 11 is 0. The van der Waals surface area contributed by atoms with Gasteiger partial charge in [-0.3, -0.25) is 0 Å². The summed E-state index contributed by atoms with van der Waals surface area (Å²) < 4.78 is 0. The highest BCUT2D eigenvalue weighted by molar-refractivity contribution is 4.57. The standard InChI is InChI=1S/C13H31N3/c1-12(2)15-10-6-5-8-14-9-7-11-16-13(3)4/h12-16H,5-11H2,1-4H3. The van der Waals surface area contributed by atoms with E-state index >= 15 is 0 Å². The Morgan fingerprint density at radius 1 is 0.625 bits per heavy atom. The maximum atomic E-state index is 3.48. The lowest BCUT2D eigenvalue weighted by molar-refractivity contribution is 0.523. The predicted molar refractivity (Wildman–Crippen MR) is 73.0 cm³/mol. The van der Waals surface area contributed by atoms with Gasteiger partial charge in [-0.05, 0) is 45.4 Å². The second-order valence-electron chi connectivity index (χ2n) is 5.03. The van der Waals surface area contributed by atoms with E-state index in [1.165, 1.54) is 19.3 Å². The van der Waals surface area contributed by atoms with Gasteiger partial charge in [0.2, 0.25) is 0 Å². The molecule has 0 aromatic carbocycles. The highest BCUT2D eigenvalue weighted by atomic mass is 14.9. The molecule has 0 spiro atoms. The van der Waals surface area contributed by atoms with E-state index in [4.69, 9.17) is 0 Å². The zero-order valence-electron chi connectivity index (χ0n) is 11.6. The first-order chi connectivity index (χ1) is 7.63. The van der Waals surface area contributed by atoms with E-state index in [2.05, 4.69) is 43.6 Å². The molecule has 0 saturated carbocycles. The van der Waals surface area contributed by atoms with Crippen molar-refractivity contribution in [2.24, 2.45) is 0 Å². The summed E-state index contributed by atoms with van der Waals surface area (Å²) in [5.41, 5.74) is 0. The van der Waals surface area contributed by atoms with E-state index in [0.29, 0.717) is 12.1 Å². The Hall–Kier alpha value is -0.120. The normalized spacial score (nSPS) is 11.6. The summed E-state index contributed by atoms with van der Waals surface area (Å²) in [6, 6.07) is 1.23. The van der Waals surface area contributed by atoms with Crippen molar-refractivity contribution in [2.75, 3.05) is 26.2 Å². The van der Waals surface area contributed by atoms with Gasteiger partial charge in [0.25, 0.3) is 0 Å². The van der Waals surface area contributed by atoms with E-state index in [0.717, 1.165) is 26.2 Å². The van der Waals surface area contributed by atoms with E-state index < -0.39 is 0 Å². The Kier molecular flexibility index (Phi) is 11.3. The third kappa shape index (κ3) is 13.9. The summed E-state index contributed by atoms with van der Waals surface area (Å²) in [5, 5.41) is 10.3. The van der Waals surface area contributed by atoms with Crippen LogP contribution in [0.3, 0.4) is 0 Å². The highest BCUT2D eigenvalue weighted by Gasteiger charge is 1.93. The van der Waals surface area contributed by atoms with Crippen LogP contribution in [-0.4, -0.2) is 38.3 Å². The minimum absolute atomic E-state index is 0.613. The first-order valence-electron chi connectivity index (χ1n) is 6.80. The van der Waals surface area contributed by atoms with Gasteiger partial charge >= 0.3 is 0 Å². The molecular weight excluding hydrogens is 198 g/mol. The molecule has 98 valence electrons. The van der Waals surface area contributed by atoms with Crippen molar-refractivity contribution in [3.8, 4) is 0 Å². The van der Waals surface area contributed by atoms with Gasteiger partial charge in [-0.15, -0.1) is 0 Å². The Morgan fingerprint density at radius 2 is 1.06 bits per heavy atom. The molecule has 0 fully saturated rings. The lowest BCUT2D eigenvalue weighted by atomic mass is 10.3. The van der Waals surface area contributed by atoms with Crippen LogP contribution in [0.25, 0.3) is 0 Å². The van der Waals surface area contributed by atoms with Crippen molar-refractivity contribution in [1.82, 2.24) is 16.0 Å². The molecule has 3 N–H and O–H groups in total. The Morgan fingerprint density at radius 3 is 1.62 bits per heavy atom. The summed E-state index contributed by atoms with van der Waals surface area (Å²) in [4.78, 5) is 0. The van der Waals surface area contributed by atoms with Gasteiger partial charge in [0.15, 0.2) is 0 Å². The SMILES string of the molecule is CC(C)NCCCCNCCCNC(C)C. The quantitative estimate of drug-likeness (QED) is 0.472. The fraction of sp³-hybridized carbons (Fsp3) is 1.00. The molecule has 0 unspecified atom stereocenters. The predicted octanol–water partition coefficient (Wildman–Crippen LogP) is 1.74. The molecule has 0 amide bonds. The monoisotopic (exact) mass is 229 g/mol. The molecule has 3 heteroatoms. The van der Waals surface area contributed by atoms with Gasteiger partial charge in [0, 0.05) is 12.1 Å². The van der Waals surface area contributed by atoms with Gasteiger partial charge < -0.3 is 16.0 Å². The number of unbranched alkanes of at least 4 members (excludes halogenated alkanes) is 1. The smallest absolute Gasteiger partial charge is 0.00103 e. The Balaban J connectivity index is 2.93. The van der Waals surface area contributed by atoms with E-state index in [-0.39, 0.29) is 0 Å². The van der Waals surface area contributed by atoms with Crippen LogP contribution in [0.1, 0.15) is 47.0 Å². The average molecular weight is 229 g/mol. The van der Waals surface area contributed by atoms with Gasteiger partial charge in [-0.25, -0.2) is 0 Å². The largest absolute Gasteiger partial charge is 0.317 e. The van der Waals surface area contributed by atoms with Gasteiger partial charge in [-0.2, -0.15) is 0 Å². The molecule has 0 atom stereocenters. The van der Waals surface area contributed by atoms with Crippen molar-refractivity contribution in [3.05, 3.63) is 0 Å². The second-order valence-corrected chi connectivity index (χ2v) is 5.03. The summed E-state index contributed by atoms with van der Waals surface area (Å²) in [7, 11) is 0. The Labute approximate surface area is 102 Å². The van der Waals surface area contributed by atoms with Crippen LogP contribution < -0.4 is 16.0 Å². The number of nitrogens with one attached hydrogen (secondary N) is 3. The molecule has 3 nitrogen and oxygen atoms in total. The number of hydrogen-bond acceptors (Lipinski definition) is 3. The summed E-state index contributed by atoms with van der Waals surface area (Å²) in [5.74, 6) is 0. The Bertz CT molecular complexity index is 119. The van der Waals surface area contributed by atoms with Crippen LogP contribution in [0.2, 0.25) is 0 Å². The number of hydrogen-bond donors (Lipinski definition) is 3. The van der Waals surface area contributed by atoms with Crippen molar-refractivity contribution in [3.63, 3.8) is 0 Å². The van der Waals surface area contributed by atoms with Crippen LogP contribution >= 0.6 is 0 Å². The minimum atomic E-state index is 0.613. The van der Waals surface area contributed by atoms with Crippen molar-refractivity contribution >= 4 is 0 Å². The second kappa shape index (κ2) is 11.4. The first-order valence-corrected chi connectivity index (χ1v) is 6.80. The third-order valence-electron chi connectivity index (χ3n) is 2.42. The average Bonchev–Trinajstić information content (AvgIpc) is 2.20. The molecule has 0 aromatic heterocycles. The fourth-order valence-electron chi connectivity index (χ4n) is 1.49. The third-order valence-corrected chi connectivity index (χ3v) is 2.42. The topological polar surface area (TPSA) is 36.1 Å². The van der Waals surface area contributed by atoms with Crippen molar-refractivity contribution < 1.29 is 0 Å². The van der Waals surface area contributed by atoms with Crippen molar-refractivity contribution in [2.45, 2.75) is 59.0 Å². The fourth-order valence-corrected chi connectivity index (χ4v) is 1.49. The van der Waals surface area contributed by atoms with Gasteiger partial charge in [0.05, 0.1) is 0 Å². The van der Waals surface area contributed by atoms with Crippen LogP contribution in [0.15, 0.2) is 0 Å². The first kappa shape index (κ1) is 15.9. The molecule has 0 heterocycles. The maximum Gasteiger partial charge on any atom is 0.00103 e. The molecule has 0 aliphatic heterocycles. The minimum Gasteiger partial charge on any atom is -0.317 e. The molecule has 0 bridgehead atoms.